The van der Waals surface area contributed by atoms with Gasteiger partial charge in [-0.05, 0) is 30.0 Å². The van der Waals surface area contributed by atoms with Crippen molar-refractivity contribution in [2.45, 2.75) is 37.3 Å². The zero-order valence-corrected chi connectivity index (χ0v) is 18.9. The average Bonchev–Trinajstić information content (AvgIpc) is 3.39. The summed E-state index contributed by atoms with van der Waals surface area (Å²) < 4.78 is 60.8. The van der Waals surface area contributed by atoms with Crippen molar-refractivity contribution in [3.8, 4) is 11.1 Å². The van der Waals surface area contributed by atoms with Crippen molar-refractivity contribution in [3.63, 3.8) is 0 Å². The number of hydrogen-bond acceptors (Lipinski definition) is 7. The van der Waals surface area contributed by atoms with Crippen LogP contribution in [-0.2, 0) is 30.1 Å². The Labute approximate surface area is 201 Å². The molecule has 0 radical (unpaired) electrons. The fourth-order valence-corrected chi connectivity index (χ4v) is 3.81. The minimum Gasteiger partial charge on any atom is -0.358 e. The van der Waals surface area contributed by atoms with Gasteiger partial charge in [-0.15, -0.1) is 5.10 Å². The molecule has 13 heteroatoms. The lowest BCUT2D eigenvalue weighted by molar-refractivity contribution is -0.165. The molecule has 0 bridgehead atoms. The lowest BCUT2D eigenvalue weighted by atomic mass is 10.0. The number of rotatable bonds is 7. The van der Waals surface area contributed by atoms with Crippen LogP contribution in [0.2, 0.25) is 0 Å². The van der Waals surface area contributed by atoms with Crippen LogP contribution in [-0.4, -0.2) is 42.2 Å². The van der Waals surface area contributed by atoms with Crippen LogP contribution in [0.1, 0.15) is 35.7 Å². The molecule has 3 aromatic heterocycles. The zero-order valence-electron chi connectivity index (χ0n) is 18.9. The Morgan fingerprint density at radius 2 is 1.89 bits per heavy atom. The van der Waals surface area contributed by atoms with Crippen LogP contribution in [0.4, 0.5) is 23.4 Å². The molecule has 0 saturated heterocycles. The van der Waals surface area contributed by atoms with E-state index in [1.54, 1.807) is 36.4 Å². The van der Waals surface area contributed by atoms with Crippen LogP contribution in [0, 0.1) is 5.82 Å². The van der Waals surface area contributed by atoms with Gasteiger partial charge in [-0.3, -0.25) is 9.48 Å². The molecule has 0 aliphatic heterocycles. The van der Waals surface area contributed by atoms with E-state index in [1.165, 1.54) is 12.1 Å². The fourth-order valence-electron chi connectivity index (χ4n) is 3.81. The van der Waals surface area contributed by atoms with E-state index in [-0.39, 0.29) is 36.4 Å². The van der Waals surface area contributed by atoms with Crippen molar-refractivity contribution in [2.75, 3.05) is 5.32 Å². The lowest BCUT2D eigenvalue weighted by Gasteiger charge is -2.14. The summed E-state index contributed by atoms with van der Waals surface area (Å²) in [6, 6.07) is 5.41. The third kappa shape index (κ3) is 4.55. The summed E-state index contributed by atoms with van der Waals surface area (Å²) in [6.45, 7) is 0. The van der Waals surface area contributed by atoms with Gasteiger partial charge in [0.1, 0.15) is 17.1 Å². The minimum atomic E-state index is -4.46. The highest BCUT2D eigenvalue weighted by molar-refractivity contribution is 5.91. The number of nitrogens with zero attached hydrogens (tertiary/aromatic N) is 6. The molecule has 36 heavy (non-hydrogen) atoms. The van der Waals surface area contributed by atoms with Crippen LogP contribution in [0.15, 0.2) is 47.4 Å². The molecule has 0 atom stereocenters. The second-order valence-electron chi connectivity index (χ2n) is 8.60. The number of aromatic nitrogens is 6. The van der Waals surface area contributed by atoms with E-state index in [0.29, 0.717) is 23.4 Å². The SMILES string of the molecule is Cn1nncc1Cc1ncc(-c2ccc(CC(=O)Nc3cc(C4(C(F)(F)F)CC4)on3)c(F)c2)cn1. The summed E-state index contributed by atoms with van der Waals surface area (Å²) in [7, 11) is 1.77. The molecular weight excluding hydrogens is 482 g/mol. The highest BCUT2D eigenvalue weighted by atomic mass is 19.4. The van der Waals surface area contributed by atoms with Gasteiger partial charge in [0.15, 0.2) is 11.6 Å². The van der Waals surface area contributed by atoms with Gasteiger partial charge in [0.05, 0.1) is 24.7 Å². The molecule has 1 fully saturated rings. The average molecular weight is 501 g/mol. The molecule has 5 rings (SSSR count). The number of carbonyl (C=O) groups is 1. The molecule has 186 valence electrons. The van der Waals surface area contributed by atoms with E-state index in [0.717, 1.165) is 11.8 Å². The van der Waals surface area contributed by atoms with E-state index in [4.69, 9.17) is 4.52 Å². The number of anilines is 1. The Hall–Kier alpha value is -4.16. The van der Waals surface area contributed by atoms with Gasteiger partial charge < -0.3 is 9.84 Å². The normalized spacial score (nSPS) is 14.6. The largest absolute Gasteiger partial charge is 0.401 e. The number of alkyl halides is 3. The fraction of sp³-hybridized carbons (Fsp3) is 0.304. The summed E-state index contributed by atoms with van der Waals surface area (Å²) >= 11 is 0. The van der Waals surface area contributed by atoms with Gasteiger partial charge in [-0.25, -0.2) is 14.4 Å². The molecule has 1 amide bonds. The first-order valence-electron chi connectivity index (χ1n) is 10.9. The zero-order chi connectivity index (χ0) is 25.5. The number of amides is 1. The van der Waals surface area contributed by atoms with Crippen LogP contribution in [0.3, 0.4) is 0 Å². The Bertz CT molecular complexity index is 1410. The molecule has 1 N–H and O–H groups in total. The predicted molar refractivity (Wildman–Crippen MR) is 117 cm³/mol. The summed E-state index contributed by atoms with van der Waals surface area (Å²) in [5.41, 5.74) is 0.0163. The summed E-state index contributed by atoms with van der Waals surface area (Å²) in [5, 5.41) is 13.5. The van der Waals surface area contributed by atoms with Crippen molar-refractivity contribution >= 4 is 11.7 Å². The third-order valence-electron chi connectivity index (χ3n) is 6.13. The standard InChI is InChI=1S/C23H19F4N7O2/c1-34-16(12-30-33-34)8-19-28-10-15(11-29-19)13-2-3-14(17(24)6-13)7-21(35)31-20-9-18(36-32-20)22(4-5-22)23(25,26)27/h2-3,6,9-12H,4-5,7-8H2,1H3,(H,31,32,35). The highest BCUT2D eigenvalue weighted by Gasteiger charge is 2.66. The number of nitrogens with one attached hydrogen (secondary N) is 1. The molecule has 1 saturated carbocycles. The van der Waals surface area contributed by atoms with E-state index >= 15 is 0 Å². The molecule has 1 aromatic carbocycles. The monoisotopic (exact) mass is 501 g/mol. The van der Waals surface area contributed by atoms with Gasteiger partial charge in [0, 0.05) is 31.1 Å². The minimum absolute atomic E-state index is 0.0910. The van der Waals surface area contributed by atoms with E-state index < -0.39 is 23.3 Å². The molecular formula is C23H19F4N7O2. The Kier molecular flexibility index (Phi) is 5.77. The van der Waals surface area contributed by atoms with Crippen LogP contribution in [0.25, 0.3) is 11.1 Å². The van der Waals surface area contributed by atoms with E-state index in [1.807, 2.05) is 0 Å². The van der Waals surface area contributed by atoms with Gasteiger partial charge in [0.2, 0.25) is 5.91 Å². The summed E-state index contributed by atoms with van der Waals surface area (Å²) in [6.07, 6.45) is 0.226. The maximum Gasteiger partial charge on any atom is 0.401 e. The van der Waals surface area contributed by atoms with Crippen molar-refractivity contribution in [3.05, 3.63) is 71.5 Å². The number of carbonyl (C=O) groups excluding carboxylic acids is 1. The topological polar surface area (TPSA) is 112 Å². The molecule has 0 spiro atoms. The van der Waals surface area contributed by atoms with Crippen LogP contribution in [0.5, 0.6) is 0 Å². The van der Waals surface area contributed by atoms with E-state index in [2.05, 4.69) is 30.8 Å². The Morgan fingerprint density at radius 3 is 2.50 bits per heavy atom. The maximum atomic E-state index is 14.7. The molecule has 1 aliphatic carbocycles. The Balaban J connectivity index is 1.22. The van der Waals surface area contributed by atoms with Crippen molar-refractivity contribution in [1.29, 1.82) is 0 Å². The second-order valence-corrected chi connectivity index (χ2v) is 8.60. The van der Waals surface area contributed by atoms with Gasteiger partial charge in [-0.2, -0.15) is 13.2 Å². The van der Waals surface area contributed by atoms with Gasteiger partial charge in [0.25, 0.3) is 0 Å². The molecule has 0 unspecified atom stereocenters. The Morgan fingerprint density at radius 1 is 1.14 bits per heavy atom. The smallest absolute Gasteiger partial charge is 0.358 e. The number of hydrogen-bond donors (Lipinski definition) is 1. The number of aryl methyl sites for hydroxylation is 1. The van der Waals surface area contributed by atoms with Gasteiger partial charge in [-0.1, -0.05) is 22.5 Å². The summed E-state index contributed by atoms with van der Waals surface area (Å²) in [4.78, 5) is 20.9. The number of benzene rings is 1. The first kappa shape index (κ1) is 23.6. The summed E-state index contributed by atoms with van der Waals surface area (Å²) in [5.74, 6) is -1.21. The quantitative estimate of drug-likeness (QED) is 0.384. The first-order chi connectivity index (χ1) is 17.1. The molecule has 1 aliphatic rings. The predicted octanol–water partition coefficient (Wildman–Crippen LogP) is 3.77. The molecule has 3 heterocycles. The second kappa shape index (κ2) is 8.81. The van der Waals surface area contributed by atoms with Gasteiger partial charge >= 0.3 is 6.18 Å². The molecule has 9 nitrogen and oxygen atoms in total. The van der Waals surface area contributed by atoms with Crippen LogP contribution < -0.4 is 5.32 Å². The lowest BCUT2D eigenvalue weighted by Crippen LogP contribution is -2.28. The number of halogens is 4. The highest BCUT2D eigenvalue weighted by Crippen LogP contribution is 2.59. The first-order valence-corrected chi connectivity index (χ1v) is 10.9. The van der Waals surface area contributed by atoms with Crippen molar-refractivity contribution < 1.29 is 26.9 Å². The molecule has 4 aromatic rings. The van der Waals surface area contributed by atoms with E-state index in [9.17, 15) is 22.4 Å². The van der Waals surface area contributed by atoms with Crippen molar-refractivity contribution in [2.24, 2.45) is 7.05 Å². The van der Waals surface area contributed by atoms with Crippen molar-refractivity contribution in [1.82, 2.24) is 30.1 Å². The third-order valence-corrected chi connectivity index (χ3v) is 6.13. The maximum absolute atomic E-state index is 14.7. The van der Waals surface area contributed by atoms with Crippen LogP contribution >= 0.6 is 0 Å².